The molecule has 2 aromatic rings. The molecule has 88 valence electrons. The van der Waals surface area contributed by atoms with Crippen molar-refractivity contribution in [3.05, 3.63) is 22.6 Å². The fourth-order valence-corrected chi connectivity index (χ4v) is 1.98. The van der Waals surface area contributed by atoms with Crippen LogP contribution in [0.5, 0.6) is 5.75 Å². The number of ether oxygens (including phenoxy) is 1. The molecule has 1 amide bonds. The van der Waals surface area contributed by atoms with Crippen molar-refractivity contribution in [2.45, 2.75) is 6.42 Å². The molecule has 17 heavy (non-hydrogen) atoms. The van der Waals surface area contributed by atoms with E-state index in [1.54, 1.807) is 24.1 Å². The SMILES string of the molecule is CN1C(=O)CCOc2cc3[nH]c(=O)[nH]c3cc21. The maximum Gasteiger partial charge on any atom is 0.323 e. The minimum atomic E-state index is -0.269. The number of carbonyl (C=O) groups excluding carboxylic acids is 1. The first-order valence-corrected chi connectivity index (χ1v) is 5.30. The van der Waals surface area contributed by atoms with Crippen LogP contribution >= 0.6 is 0 Å². The number of aromatic amines is 2. The first kappa shape index (κ1) is 9.95. The number of rotatable bonds is 0. The third kappa shape index (κ3) is 1.49. The Bertz CT molecular complexity index is 656. The number of hydrogen-bond donors (Lipinski definition) is 2. The van der Waals surface area contributed by atoms with E-state index >= 15 is 0 Å². The van der Waals surface area contributed by atoms with Gasteiger partial charge in [0.1, 0.15) is 5.75 Å². The zero-order valence-corrected chi connectivity index (χ0v) is 9.24. The average molecular weight is 233 g/mol. The molecule has 3 rings (SSSR count). The van der Waals surface area contributed by atoms with Gasteiger partial charge in [0, 0.05) is 13.1 Å². The van der Waals surface area contributed by atoms with Crippen molar-refractivity contribution in [1.82, 2.24) is 9.97 Å². The molecule has 2 heterocycles. The lowest BCUT2D eigenvalue weighted by molar-refractivity contribution is -0.118. The Morgan fingerprint density at radius 3 is 2.71 bits per heavy atom. The minimum Gasteiger partial charge on any atom is -0.491 e. The summed E-state index contributed by atoms with van der Waals surface area (Å²) in [6.45, 7) is 0.357. The highest BCUT2D eigenvalue weighted by atomic mass is 16.5. The van der Waals surface area contributed by atoms with E-state index in [9.17, 15) is 9.59 Å². The number of nitrogens with zero attached hydrogens (tertiary/aromatic N) is 1. The molecule has 6 heteroatoms. The Kier molecular flexibility index (Phi) is 1.98. The number of imidazole rings is 1. The van der Waals surface area contributed by atoms with Crippen molar-refractivity contribution in [2.75, 3.05) is 18.6 Å². The normalized spacial score (nSPS) is 15.6. The molecule has 0 fully saturated rings. The fourth-order valence-electron chi connectivity index (χ4n) is 1.98. The van der Waals surface area contributed by atoms with Gasteiger partial charge in [0.2, 0.25) is 5.91 Å². The van der Waals surface area contributed by atoms with E-state index < -0.39 is 0 Å². The van der Waals surface area contributed by atoms with Crippen molar-refractivity contribution in [3.63, 3.8) is 0 Å². The predicted molar refractivity (Wildman–Crippen MR) is 62.4 cm³/mol. The van der Waals surface area contributed by atoms with Gasteiger partial charge in [0.25, 0.3) is 0 Å². The monoisotopic (exact) mass is 233 g/mol. The summed E-state index contributed by atoms with van der Waals surface area (Å²) in [5, 5.41) is 0. The Hall–Kier alpha value is -2.24. The summed E-state index contributed by atoms with van der Waals surface area (Å²) in [7, 11) is 1.70. The van der Waals surface area contributed by atoms with E-state index in [0.717, 1.165) is 0 Å². The molecular formula is C11H11N3O3. The van der Waals surface area contributed by atoms with Crippen LogP contribution in [0.15, 0.2) is 16.9 Å². The van der Waals surface area contributed by atoms with Crippen LogP contribution in [0.25, 0.3) is 11.0 Å². The van der Waals surface area contributed by atoms with Crippen LogP contribution in [-0.4, -0.2) is 29.5 Å². The number of anilines is 1. The van der Waals surface area contributed by atoms with E-state index in [4.69, 9.17) is 4.74 Å². The number of carbonyl (C=O) groups is 1. The smallest absolute Gasteiger partial charge is 0.323 e. The summed E-state index contributed by atoms with van der Waals surface area (Å²) in [6.07, 6.45) is 0.357. The van der Waals surface area contributed by atoms with Crippen LogP contribution in [0, 0.1) is 0 Å². The average Bonchev–Trinajstić information content (AvgIpc) is 2.59. The summed E-state index contributed by atoms with van der Waals surface area (Å²) in [5.74, 6) is 0.613. The van der Waals surface area contributed by atoms with Crippen LogP contribution in [-0.2, 0) is 4.79 Å². The number of hydrogen-bond acceptors (Lipinski definition) is 3. The summed E-state index contributed by atoms with van der Waals surface area (Å²) < 4.78 is 5.51. The van der Waals surface area contributed by atoms with E-state index in [1.807, 2.05) is 0 Å². The molecule has 0 atom stereocenters. The van der Waals surface area contributed by atoms with Crippen molar-refractivity contribution < 1.29 is 9.53 Å². The summed E-state index contributed by atoms with van der Waals surface area (Å²) in [4.78, 5) is 29.7. The molecule has 0 radical (unpaired) electrons. The lowest BCUT2D eigenvalue weighted by atomic mass is 10.2. The largest absolute Gasteiger partial charge is 0.491 e. The molecule has 1 aliphatic rings. The molecule has 1 aromatic heterocycles. The van der Waals surface area contributed by atoms with Crippen molar-refractivity contribution >= 4 is 22.6 Å². The molecule has 0 saturated carbocycles. The first-order chi connectivity index (χ1) is 8.15. The zero-order chi connectivity index (χ0) is 12.0. The van der Waals surface area contributed by atoms with Gasteiger partial charge < -0.3 is 19.6 Å². The number of nitrogens with one attached hydrogen (secondary N) is 2. The second kappa shape index (κ2) is 3.38. The highest BCUT2D eigenvalue weighted by molar-refractivity contribution is 5.97. The van der Waals surface area contributed by atoms with E-state index in [-0.39, 0.29) is 11.6 Å². The lowest BCUT2D eigenvalue weighted by Gasteiger charge is -2.15. The van der Waals surface area contributed by atoms with E-state index in [1.165, 1.54) is 0 Å². The maximum atomic E-state index is 11.7. The molecule has 0 aliphatic carbocycles. The quantitative estimate of drug-likeness (QED) is 0.699. The maximum absolute atomic E-state index is 11.7. The standard InChI is InChI=1S/C11H11N3O3/c1-14-8-4-6-7(13-11(16)12-6)5-9(8)17-3-2-10(14)15/h4-5H,2-3H2,1H3,(H2,12,13,16). The predicted octanol–water partition coefficient (Wildman–Crippen LogP) is 0.601. The van der Waals surface area contributed by atoms with Crippen LogP contribution in [0.1, 0.15) is 6.42 Å². The molecule has 0 saturated heterocycles. The Morgan fingerprint density at radius 2 is 1.94 bits per heavy atom. The third-order valence-electron chi connectivity index (χ3n) is 2.90. The highest BCUT2D eigenvalue weighted by Gasteiger charge is 2.20. The number of aromatic nitrogens is 2. The highest BCUT2D eigenvalue weighted by Crippen LogP contribution is 2.33. The van der Waals surface area contributed by atoms with E-state index in [2.05, 4.69) is 9.97 Å². The molecule has 0 unspecified atom stereocenters. The number of H-pyrrole nitrogens is 2. The Morgan fingerprint density at radius 1 is 1.24 bits per heavy atom. The van der Waals surface area contributed by atoms with Gasteiger partial charge in [-0.2, -0.15) is 0 Å². The fraction of sp³-hybridized carbons (Fsp3) is 0.273. The van der Waals surface area contributed by atoms with Gasteiger partial charge in [0.05, 0.1) is 29.7 Å². The van der Waals surface area contributed by atoms with Gasteiger partial charge in [-0.3, -0.25) is 4.79 Å². The van der Waals surface area contributed by atoms with Crippen molar-refractivity contribution in [1.29, 1.82) is 0 Å². The van der Waals surface area contributed by atoms with Gasteiger partial charge in [-0.05, 0) is 6.07 Å². The molecule has 0 bridgehead atoms. The summed E-state index contributed by atoms with van der Waals surface area (Å²) in [6, 6.07) is 3.48. The second-order valence-corrected chi connectivity index (χ2v) is 4.00. The number of fused-ring (bicyclic) bond motifs is 2. The summed E-state index contributed by atoms with van der Waals surface area (Å²) in [5.41, 5.74) is 1.75. The van der Waals surface area contributed by atoms with Crippen LogP contribution < -0.4 is 15.3 Å². The number of benzene rings is 1. The third-order valence-corrected chi connectivity index (χ3v) is 2.90. The van der Waals surface area contributed by atoms with Gasteiger partial charge in [-0.15, -0.1) is 0 Å². The minimum absolute atomic E-state index is 0.000910. The van der Waals surface area contributed by atoms with Gasteiger partial charge in [-0.25, -0.2) is 4.79 Å². The topological polar surface area (TPSA) is 78.2 Å². The Balaban J connectivity index is 2.26. The zero-order valence-electron chi connectivity index (χ0n) is 9.24. The van der Waals surface area contributed by atoms with Gasteiger partial charge in [0.15, 0.2) is 0 Å². The molecule has 1 aromatic carbocycles. The lowest BCUT2D eigenvalue weighted by Crippen LogP contribution is -2.25. The number of amides is 1. The van der Waals surface area contributed by atoms with Crippen molar-refractivity contribution in [3.8, 4) is 5.75 Å². The van der Waals surface area contributed by atoms with Crippen molar-refractivity contribution in [2.24, 2.45) is 0 Å². The van der Waals surface area contributed by atoms with Gasteiger partial charge in [-0.1, -0.05) is 0 Å². The molecule has 6 nitrogen and oxygen atoms in total. The second-order valence-electron chi connectivity index (χ2n) is 4.00. The van der Waals surface area contributed by atoms with E-state index in [0.29, 0.717) is 35.5 Å². The molecule has 0 spiro atoms. The van der Waals surface area contributed by atoms with Crippen LogP contribution in [0.3, 0.4) is 0 Å². The van der Waals surface area contributed by atoms with Crippen LogP contribution in [0.2, 0.25) is 0 Å². The van der Waals surface area contributed by atoms with Gasteiger partial charge >= 0.3 is 5.69 Å². The molecule has 1 aliphatic heterocycles. The first-order valence-electron chi connectivity index (χ1n) is 5.30. The Labute approximate surface area is 96.2 Å². The van der Waals surface area contributed by atoms with Crippen LogP contribution in [0.4, 0.5) is 5.69 Å². The summed E-state index contributed by atoms with van der Waals surface area (Å²) >= 11 is 0. The molecule has 2 N–H and O–H groups in total. The molecular weight excluding hydrogens is 222 g/mol.